The number of nitriles is 1. The second kappa shape index (κ2) is 7.01. The van der Waals surface area contributed by atoms with Crippen LogP contribution in [0.4, 0.5) is 5.69 Å². The van der Waals surface area contributed by atoms with Crippen molar-refractivity contribution in [2.45, 2.75) is 13.8 Å². The summed E-state index contributed by atoms with van der Waals surface area (Å²) in [6.07, 6.45) is 1.74. The maximum atomic E-state index is 8.86. The summed E-state index contributed by atoms with van der Waals surface area (Å²) in [5.74, 6) is 1.29. The van der Waals surface area contributed by atoms with Crippen molar-refractivity contribution in [3.63, 3.8) is 0 Å². The number of rotatable bonds is 5. The zero-order chi connectivity index (χ0) is 16.9. The van der Waals surface area contributed by atoms with Crippen LogP contribution in [0.25, 0.3) is 22.8 Å². The molecule has 3 rings (SSSR count). The van der Waals surface area contributed by atoms with E-state index in [1.807, 2.05) is 12.1 Å². The lowest BCUT2D eigenvalue weighted by Gasteiger charge is -2.20. The van der Waals surface area contributed by atoms with Gasteiger partial charge in [0.1, 0.15) is 0 Å². The summed E-state index contributed by atoms with van der Waals surface area (Å²) in [5.41, 5.74) is 3.69. The monoisotopic (exact) mass is 317 g/mol. The van der Waals surface area contributed by atoms with Crippen molar-refractivity contribution in [3.8, 4) is 28.8 Å². The molecule has 0 amide bonds. The fraction of sp³-hybridized carbons (Fsp3) is 0.200. The highest BCUT2D eigenvalue weighted by atomic mass is 16.4. The van der Waals surface area contributed by atoms with Gasteiger partial charge in [-0.15, -0.1) is 0 Å². The molecule has 4 heteroatoms. The quantitative estimate of drug-likeness (QED) is 0.683. The van der Waals surface area contributed by atoms with E-state index in [9.17, 15) is 0 Å². The molecule has 1 aromatic heterocycles. The summed E-state index contributed by atoms with van der Waals surface area (Å²) in [6, 6.07) is 17.6. The molecule has 120 valence electrons. The van der Waals surface area contributed by atoms with E-state index in [4.69, 9.17) is 9.68 Å². The maximum Gasteiger partial charge on any atom is 0.226 e. The van der Waals surface area contributed by atoms with Crippen LogP contribution in [0.15, 0.2) is 59.1 Å². The Morgan fingerprint density at radius 1 is 0.958 bits per heavy atom. The van der Waals surface area contributed by atoms with Gasteiger partial charge in [0.2, 0.25) is 5.89 Å². The molecule has 0 saturated heterocycles. The highest BCUT2D eigenvalue weighted by Gasteiger charge is 2.09. The van der Waals surface area contributed by atoms with E-state index < -0.39 is 0 Å². The van der Waals surface area contributed by atoms with Crippen molar-refractivity contribution in [1.82, 2.24) is 4.98 Å². The van der Waals surface area contributed by atoms with Gasteiger partial charge in [0, 0.05) is 29.9 Å². The Morgan fingerprint density at radius 2 is 1.58 bits per heavy atom. The average molecular weight is 317 g/mol. The maximum absolute atomic E-state index is 8.86. The van der Waals surface area contributed by atoms with Crippen LogP contribution in [0, 0.1) is 11.3 Å². The summed E-state index contributed by atoms with van der Waals surface area (Å²) in [6.45, 7) is 6.28. The summed E-state index contributed by atoms with van der Waals surface area (Å²) >= 11 is 0. The van der Waals surface area contributed by atoms with Crippen LogP contribution in [0.3, 0.4) is 0 Å². The molecular weight excluding hydrogens is 298 g/mol. The number of benzene rings is 2. The Balaban J connectivity index is 1.83. The van der Waals surface area contributed by atoms with Gasteiger partial charge in [0.05, 0.1) is 17.8 Å². The topological polar surface area (TPSA) is 53.1 Å². The Hall–Kier alpha value is -3.06. The van der Waals surface area contributed by atoms with Gasteiger partial charge in [-0.2, -0.15) is 5.26 Å². The SMILES string of the molecule is CCN(CC)c1ccc(-c2cnc(-c3ccc(C#N)cc3)o2)cc1. The predicted molar refractivity (Wildman–Crippen MR) is 95.7 cm³/mol. The number of hydrogen-bond acceptors (Lipinski definition) is 4. The van der Waals surface area contributed by atoms with Crippen molar-refractivity contribution >= 4 is 5.69 Å². The molecule has 3 aromatic rings. The van der Waals surface area contributed by atoms with Crippen LogP contribution in [0.5, 0.6) is 0 Å². The first-order valence-corrected chi connectivity index (χ1v) is 8.07. The van der Waals surface area contributed by atoms with E-state index >= 15 is 0 Å². The summed E-state index contributed by atoms with van der Waals surface area (Å²) in [4.78, 5) is 6.65. The van der Waals surface area contributed by atoms with E-state index in [2.05, 4.69) is 54.1 Å². The second-order valence-electron chi connectivity index (χ2n) is 5.44. The van der Waals surface area contributed by atoms with Crippen LogP contribution < -0.4 is 4.90 Å². The molecule has 1 heterocycles. The first kappa shape index (κ1) is 15.8. The normalized spacial score (nSPS) is 10.4. The minimum Gasteiger partial charge on any atom is -0.436 e. The molecule has 0 saturated carbocycles. The third-order valence-electron chi connectivity index (χ3n) is 4.05. The van der Waals surface area contributed by atoms with E-state index in [-0.39, 0.29) is 0 Å². The Kier molecular flexibility index (Phi) is 4.62. The van der Waals surface area contributed by atoms with E-state index in [1.54, 1.807) is 18.3 Å². The Labute approximate surface area is 142 Å². The van der Waals surface area contributed by atoms with Gasteiger partial charge in [0.25, 0.3) is 0 Å². The lowest BCUT2D eigenvalue weighted by atomic mass is 10.1. The Bertz CT molecular complexity index is 838. The molecule has 0 N–H and O–H groups in total. The summed E-state index contributed by atoms with van der Waals surface area (Å²) < 4.78 is 5.87. The van der Waals surface area contributed by atoms with Gasteiger partial charge >= 0.3 is 0 Å². The van der Waals surface area contributed by atoms with Gasteiger partial charge in [0.15, 0.2) is 5.76 Å². The van der Waals surface area contributed by atoms with Gasteiger partial charge in [-0.05, 0) is 62.4 Å². The molecule has 0 unspecified atom stereocenters. The number of oxazole rings is 1. The van der Waals surface area contributed by atoms with Crippen LogP contribution in [-0.2, 0) is 0 Å². The van der Waals surface area contributed by atoms with Gasteiger partial charge in [-0.3, -0.25) is 0 Å². The van der Waals surface area contributed by atoms with Crippen molar-refractivity contribution < 1.29 is 4.42 Å². The van der Waals surface area contributed by atoms with E-state index in [0.29, 0.717) is 11.5 Å². The zero-order valence-electron chi connectivity index (χ0n) is 13.9. The lowest BCUT2D eigenvalue weighted by Crippen LogP contribution is -2.21. The molecule has 0 atom stereocenters. The van der Waals surface area contributed by atoms with Crippen molar-refractivity contribution in [2.24, 2.45) is 0 Å². The highest BCUT2D eigenvalue weighted by molar-refractivity contribution is 5.64. The largest absolute Gasteiger partial charge is 0.436 e. The van der Waals surface area contributed by atoms with Gasteiger partial charge in [-0.1, -0.05) is 0 Å². The second-order valence-corrected chi connectivity index (χ2v) is 5.44. The lowest BCUT2D eigenvalue weighted by molar-refractivity contribution is 0.589. The average Bonchev–Trinajstić information content (AvgIpc) is 3.13. The number of anilines is 1. The van der Waals surface area contributed by atoms with Crippen molar-refractivity contribution in [3.05, 3.63) is 60.3 Å². The summed E-state index contributed by atoms with van der Waals surface area (Å²) in [5, 5.41) is 8.86. The fourth-order valence-corrected chi connectivity index (χ4v) is 2.65. The molecule has 0 aliphatic heterocycles. The van der Waals surface area contributed by atoms with Crippen LogP contribution >= 0.6 is 0 Å². The van der Waals surface area contributed by atoms with E-state index in [0.717, 1.165) is 30.0 Å². The smallest absolute Gasteiger partial charge is 0.226 e. The number of hydrogen-bond donors (Lipinski definition) is 0. The third kappa shape index (κ3) is 3.16. The highest BCUT2D eigenvalue weighted by Crippen LogP contribution is 2.27. The minimum absolute atomic E-state index is 0.558. The molecule has 0 aliphatic carbocycles. The van der Waals surface area contributed by atoms with Crippen LogP contribution in [0.1, 0.15) is 19.4 Å². The standard InChI is InChI=1S/C20H19N3O/c1-3-23(4-2)18-11-9-16(10-12-18)19-14-22-20(24-19)17-7-5-15(13-21)6-8-17/h5-12,14H,3-4H2,1-2H3. The molecular formula is C20H19N3O. The molecule has 0 spiro atoms. The van der Waals surface area contributed by atoms with Crippen LogP contribution in [0.2, 0.25) is 0 Å². The molecule has 0 radical (unpaired) electrons. The van der Waals surface area contributed by atoms with Crippen molar-refractivity contribution in [2.75, 3.05) is 18.0 Å². The molecule has 2 aromatic carbocycles. The van der Waals surface area contributed by atoms with Crippen molar-refractivity contribution in [1.29, 1.82) is 5.26 Å². The molecule has 0 bridgehead atoms. The predicted octanol–water partition coefficient (Wildman–Crippen LogP) is 4.73. The molecule has 24 heavy (non-hydrogen) atoms. The molecule has 4 nitrogen and oxygen atoms in total. The zero-order valence-corrected chi connectivity index (χ0v) is 13.9. The summed E-state index contributed by atoms with van der Waals surface area (Å²) in [7, 11) is 0. The number of nitrogens with zero attached hydrogens (tertiary/aromatic N) is 3. The fourth-order valence-electron chi connectivity index (χ4n) is 2.65. The van der Waals surface area contributed by atoms with Gasteiger partial charge in [-0.25, -0.2) is 4.98 Å². The number of aromatic nitrogens is 1. The minimum atomic E-state index is 0.558. The first-order valence-electron chi connectivity index (χ1n) is 8.07. The molecule has 0 fully saturated rings. The Morgan fingerprint density at radius 3 is 2.17 bits per heavy atom. The van der Waals surface area contributed by atoms with E-state index in [1.165, 1.54) is 5.69 Å². The molecule has 0 aliphatic rings. The first-order chi connectivity index (χ1) is 11.7. The van der Waals surface area contributed by atoms with Crippen LogP contribution in [-0.4, -0.2) is 18.1 Å². The third-order valence-corrected chi connectivity index (χ3v) is 4.05. The van der Waals surface area contributed by atoms with Gasteiger partial charge < -0.3 is 9.32 Å².